The lowest BCUT2D eigenvalue weighted by atomic mass is 9.92. The van der Waals surface area contributed by atoms with Gasteiger partial charge in [0, 0.05) is 5.02 Å². The maximum absolute atomic E-state index is 5.98. The largest absolute Gasteiger partial charge is 0.341 e. The van der Waals surface area contributed by atoms with Crippen LogP contribution in [-0.2, 0) is 0 Å². The van der Waals surface area contributed by atoms with Crippen molar-refractivity contribution in [2.75, 3.05) is 6.54 Å². The van der Waals surface area contributed by atoms with Crippen LogP contribution in [-0.4, -0.2) is 16.5 Å². The van der Waals surface area contributed by atoms with Gasteiger partial charge in [-0.1, -0.05) is 18.5 Å². The quantitative estimate of drug-likeness (QED) is 0.814. The number of imidazole rings is 1. The Bertz CT molecular complexity index is 534. The van der Waals surface area contributed by atoms with Crippen LogP contribution in [0.15, 0.2) is 18.2 Å². The lowest BCUT2D eigenvalue weighted by Crippen LogP contribution is -2.33. The first kappa shape index (κ1) is 11.1. The lowest BCUT2D eigenvalue weighted by molar-refractivity contribution is 0.296. The number of nitrogens with zero attached hydrogens (tertiary/aromatic N) is 1. The van der Waals surface area contributed by atoms with Crippen molar-refractivity contribution in [1.29, 1.82) is 0 Å². The van der Waals surface area contributed by atoms with E-state index in [2.05, 4.69) is 22.2 Å². The summed E-state index contributed by atoms with van der Waals surface area (Å²) in [4.78, 5) is 8.03. The van der Waals surface area contributed by atoms with Gasteiger partial charge in [0.2, 0.25) is 0 Å². The minimum Gasteiger partial charge on any atom is -0.341 e. The van der Waals surface area contributed by atoms with Gasteiger partial charge in [-0.15, -0.1) is 0 Å². The molecule has 1 aromatic heterocycles. The molecule has 3 nitrogen and oxygen atoms in total. The van der Waals surface area contributed by atoms with Gasteiger partial charge >= 0.3 is 0 Å². The fourth-order valence-corrected chi connectivity index (χ4v) is 2.74. The molecule has 2 aromatic rings. The molecule has 17 heavy (non-hydrogen) atoms. The van der Waals surface area contributed by atoms with E-state index in [1.165, 1.54) is 12.8 Å². The smallest absolute Gasteiger partial charge is 0.124 e. The van der Waals surface area contributed by atoms with E-state index in [1.54, 1.807) is 0 Å². The van der Waals surface area contributed by atoms with E-state index in [9.17, 15) is 0 Å². The molecule has 90 valence electrons. The predicted molar refractivity (Wildman–Crippen MR) is 70.2 cm³/mol. The normalized spacial score (nSPS) is 25.3. The molecule has 0 bridgehead atoms. The number of aromatic amines is 1. The molecule has 0 spiro atoms. The molecule has 0 saturated carbocycles. The number of rotatable bonds is 1. The van der Waals surface area contributed by atoms with Crippen LogP contribution in [0.1, 0.15) is 31.6 Å². The summed E-state index contributed by atoms with van der Waals surface area (Å²) < 4.78 is 0. The van der Waals surface area contributed by atoms with Crippen LogP contribution in [0.5, 0.6) is 0 Å². The van der Waals surface area contributed by atoms with Gasteiger partial charge in [0.25, 0.3) is 0 Å². The van der Waals surface area contributed by atoms with Crippen LogP contribution in [0, 0.1) is 5.92 Å². The van der Waals surface area contributed by atoms with Crippen molar-refractivity contribution in [2.24, 2.45) is 5.92 Å². The molecule has 0 amide bonds. The first-order valence-electron chi connectivity index (χ1n) is 6.12. The Morgan fingerprint density at radius 2 is 2.29 bits per heavy atom. The second-order valence-electron chi connectivity index (χ2n) is 4.83. The third-order valence-corrected chi connectivity index (χ3v) is 3.76. The molecular weight excluding hydrogens is 234 g/mol. The first-order valence-corrected chi connectivity index (χ1v) is 6.50. The summed E-state index contributed by atoms with van der Waals surface area (Å²) in [6.07, 6.45) is 2.51. The summed E-state index contributed by atoms with van der Waals surface area (Å²) in [6.45, 7) is 3.35. The molecular formula is C13H16ClN3. The molecule has 2 unspecified atom stereocenters. The molecule has 3 rings (SSSR count). The molecule has 2 heterocycles. The van der Waals surface area contributed by atoms with Crippen molar-refractivity contribution in [2.45, 2.75) is 25.8 Å². The monoisotopic (exact) mass is 249 g/mol. The molecule has 0 radical (unpaired) electrons. The summed E-state index contributed by atoms with van der Waals surface area (Å²) in [5.74, 6) is 1.66. The van der Waals surface area contributed by atoms with Crippen LogP contribution >= 0.6 is 11.6 Å². The van der Waals surface area contributed by atoms with E-state index in [4.69, 9.17) is 11.6 Å². The highest BCUT2D eigenvalue weighted by atomic mass is 35.5. The van der Waals surface area contributed by atoms with Crippen LogP contribution in [0.2, 0.25) is 5.02 Å². The molecule has 2 atom stereocenters. The summed E-state index contributed by atoms with van der Waals surface area (Å²) in [7, 11) is 0. The SMILES string of the molecule is CC1CCCNC1c1nc2ccc(Cl)cc2[nH]1. The highest BCUT2D eigenvalue weighted by Crippen LogP contribution is 2.28. The van der Waals surface area contributed by atoms with Crippen molar-refractivity contribution < 1.29 is 0 Å². The molecule has 1 saturated heterocycles. The van der Waals surface area contributed by atoms with Crippen LogP contribution in [0.4, 0.5) is 0 Å². The molecule has 1 fully saturated rings. The van der Waals surface area contributed by atoms with Crippen LogP contribution < -0.4 is 5.32 Å². The van der Waals surface area contributed by atoms with Gasteiger partial charge < -0.3 is 10.3 Å². The second kappa shape index (κ2) is 4.31. The third-order valence-electron chi connectivity index (χ3n) is 3.53. The zero-order chi connectivity index (χ0) is 11.8. The lowest BCUT2D eigenvalue weighted by Gasteiger charge is -2.28. The van der Waals surface area contributed by atoms with Gasteiger partial charge in [-0.05, 0) is 43.5 Å². The Balaban J connectivity index is 1.99. The standard InChI is InChI=1S/C13H16ClN3/c1-8-3-2-6-15-12(8)13-16-10-5-4-9(14)7-11(10)17-13/h4-5,7-8,12,15H,2-3,6H2,1H3,(H,16,17). The van der Waals surface area contributed by atoms with E-state index in [0.717, 1.165) is 28.4 Å². The van der Waals surface area contributed by atoms with Crippen molar-refractivity contribution >= 4 is 22.6 Å². The summed E-state index contributed by atoms with van der Waals surface area (Å²) in [6, 6.07) is 6.12. The molecule has 4 heteroatoms. The molecule has 1 aliphatic heterocycles. The Hall–Kier alpha value is -1.06. The second-order valence-corrected chi connectivity index (χ2v) is 5.27. The Kier molecular flexibility index (Phi) is 2.81. The van der Waals surface area contributed by atoms with E-state index in [0.29, 0.717) is 12.0 Å². The Morgan fingerprint density at radius 3 is 3.12 bits per heavy atom. The van der Waals surface area contributed by atoms with E-state index >= 15 is 0 Å². The number of hydrogen-bond acceptors (Lipinski definition) is 2. The fourth-order valence-electron chi connectivity index (χ4n) is 2.56. The van der Waals surface area contributed by atoms with Crippen molar-refractivity contribution in [3.63, 3.8) is 0 Å². The van der Waals surface area contributed by atoms with Gasteiger partial charge in [0.05, 0.1) is 17.1 Å². The van der Waals surface area contributed by atoms with Crippen LogP contribution in [0.25, 0.3) is 11.0 Å². The zero-order valence-electron chi connectivity index (χ0n) is 9.83. The minimum absolute atomic E-state index is 0.343. The average molecular weight is 250 g/mol. The average Bonchev–Trinajstić information content (AvgIpc) is 2.72. The number of fused-ring (bicyclic) bond motifs is 1. The van der Waals surface area contributed by atoms with Gasteiger partial charge in [-0.3, -0.25) is 0 Å². The molecule has 1 aromatic carbocycles. The number of halogens is 1. The maximum atomic E-state index is 5.98. The van der Waals surface area contributed by atoms with E-state index < -0.39 is 0 Å². The summed E-state index contributed by atoms with van der Waals surface area (Å²) in [5, 5.41) is 4.28. The molecule has 1 aliphatic rings. The highest BCUT2D eigenvalue weighted by Gasteiger charge is 2.24. The van der Waals surface area contributed by atoms with Crippen molar-refractivity contribution in [3.05, 3.63) is 29.0 Å². The number of hydrogen-bond donors (Lipinski definition) is 2. The summed E-state index contributed by atoms with van der Waals surface area (Å²) in [5.41, 5.74) is 2.01. The predicted octanol–water partition coefficient (Wildman–Crippen LogP) is 3.28. The Labute approximate surface area is 106 Å². The van der Waals surface area contributed by atoms with Gasteiger partial charge in [-0.2, -0.15) is 0 Å². The van der Waals surface area contributed by atoms with Crippen LogP contribution in [0.3, 0.4) is 0 Å². The maximum Gasteiger partial charge on any atom is 0.124 e. The van der Waals surface area contributed by atoms with Gasteiger partial charge in [0.1, 0.15) is 5.82 Å². The van der Waals surface area contributed by atoms with Gasteiger partial charge in [0.15, 0.2) is 0 Å². The zero-order valence-corrected chi connectivity index (χ0v) is 10.6. The third kappa shape index (κ3) is 2.05. The number of benzene rings is 1. The number of nitrogens with one attached hydrogen (secondary N) is 2. The minimum atomic E-state index is 0.343. The van der Waals surface area contributed by atoms with Crippen molar-refractivity contribution in [3.8, 4) is 0 Å². The number of piperidine rings is 1. The topological polar surface area (TPSA) is 40.7 Å². The van der Waals surface area contributed by atoms with E-state index in [1.807, 2.05) is 18.2 Å². The number of H-pyrrole nitrogens is 1. The van der Waals surface area contributed by atoms with Gasteiger partial charge in [-0.25, -0.2) is 4.98 Å². The Morgan fingerprint density at radius 1 is 1.41 bits per heavy atom. The fraction of sp³-hybridized carbons (Fsp3) is 0.462. The van der Waals surface area contributed by atoms with Crippen molar-refractivity contribution in [1.82, 2.24) is 15.3 Å². The highest BCUT2D eigenvalue weighted by molar-refractivity contribution is 6.31. The molecule has 2 N–H and O–H groups in total. The summed E-state index contributed by atoms with van der Waals surface area (Å²) >= 11 is 5.98. The number of aromatic nitrogens is 2. The van der Waals surface area contributed by atoms with E-state index in [-0.39, 0.29) is 0 Å². The first-order chi connectivity index (χ1) is 8.24. The molecule has 0 aliphatic carbocycles.